The van der Waals surface area contributed by atoms with E-state index >= 15 is 0 Å². The largest absolute Gasteiger partial charge is 0.305 e. The van der Waals surface area contributed by atoms with Gasteiger partial charge < -0.3 is 4.90 Å². The molecule has 1 aromatic rings. The molecule has 0 spiro atoms. The molecule has 0 saturated carbocycles. The van der Waals surface area contributed by atoms with Gasteiger partial charge in [-0.15, -0.1) is 0 Å². The van der Waals surface area contributed by atoms with Crippen LogP contribution in [0.4, 0.5) is 0 Å². The molecule has 152 valence electrons. The summed E-state index contributed by atoms with van der Waals surface area (Å²) in [5.74, 6) is 0. The van der Waals surface area contributed by atoms with Crippen molar-refractivity contribution in [1.29, 1.82) is 0 Å². The molecule has 0 radical (unpaired) electrons. The van der Waals surface area contributed by atoms with E-state index in [1.807, 2.05) is 25.1 Å². The van der Waals surface area contributed by atoms with E-state index in [1.54, 1.807) is 4.31 Å². The van der Waals surface area contributed by atoms with Gasteiger partial charge in [0.25, 0.3) is 0 Å². The Balaban J connectivity index is 1.74. The molecule has 2 heterocycles. The highest BCUT2D eigenvalue weighted by atomic mass is 32.2. The molecule has 1 aromatic carbocycles. The summed E-state index contributed by atoms with van der Waals surface area (Å²) in [5, 5.41) is 0. The minimum Gasteiger partial charge on any atom is -0.305 e. The third kappa shape index (κ3) is 4.56. The fraction of sp³-hybridized carbons (Fsp3) is 0.714. The fourth-order valence-corrected chi connectivity index (χ4v) is 5.90. The number of benzene rings is 1. The molecule has 0 amide bonds. The van der Waals surface area contributed by atoms with Crippen LogP contribution in [0.25, 0.3) is 0 Å². The highest BCUT2D eigenvalue weighted by Gasteiger charge is 2.33. The maximum atomic E-state index is 13.3. The van der Waals surface area contributed by atoms with Crippen molar-refractivity contribution in [2.45, 2.75) is 56.9 Å². The minimum absolute atomic E-state index is 0.0658. The molecule has 0 aliphatic carbocycles. The van der Waals surface area contributed by atoms with Crippen molar-refractivity contribution in [2.24, 2.45) is 0 Å². The zero-order chi connectivity index (χ0) is 19.8. The second-order valence-electron chi connectivity index (χ2n) is 9.23. The molecule has 1 atom stereocenters. The number of aryl methyl sites for hydroxylation is 1. The van der Waals surface area contributed by atoms with Crippen molar-refractivity contribution in [3.63, 3.8) is 0 Å². The van der Waals surface area contributed by atoms with Crippen LogP contribution in [0.3, 0.4) is 0 Å². The molecular formula is C21H35N3O2S. The third-order valence-corrected chi connectivity index (χ3v) is 8.10. The van der Waals surface area contributed by atoms with Crippen molar-refractivity contribution < 1.29 is 8.42 Å². The van der Waals surface area contributed by atoms with Crippen LogP contribution in [0.2, 0.25) is 0 Å². The highest BCUT2D eigenvalue weighted by molar-refractivity contribution is 7.89. The molecule has 2 aliphatic heterocycles. The van der Waals surface area contributed by atoms with E-state index in [0.29, 0.717) is 24.0 Å². The lowest BCUT2D eigenvalue weighted by Crippen LogP contribution is -2.55. The quantitative estimate of drug-likeness (QED) is 0.792. The van der Waals surface area contributed by atoms with E-state index < -0.39 is 10.0 Å². The number of sulfonamides is 1. The minimum atomic E-state index is -3.44. The van der Waals surface area contributed by atoms with E-state index in [4.69, 9.17) is 0 Å². The summed E-state index contributed by atoms with van der Waals surface area (Å²) < 4.78 is 28.3. The van der Waals surface area contributed by atoms with Gasteiger partial charge in [0.1, 0.15) is 0 Å². The summed E-state index contributed by atoms with van der Waals surface area (Å²) in [6, 6.07) is 6.44. The molecule has 5 nitrogen and oxygen atoms in total. The molecule has 2 fully saturated rings. The zero-order valence-electron chi connectivity index (χ0n) is 17.5. The van der Waals surface area contributed by atoms with Crippen LogP contribution < -0.4 is 0 Å². The Morgan fingerprint density at radius 1 is 1.04 bits per heavy atom. The van der Waals surface area contributed by atoms with Gasteiger partial charge in [-0.2, -0.15) is 4.31 Å². The SMILES string of the molecule is Cc1ccc(C(C)(C)C)cc1S(=O)(=O)N1CCN(C2CCCN(C)C2)CC1. The van der Waals surface area contributed by atoms with Crippen LogP contribution in [-0.4, -0.2) is 74.9 Å². The van der Waals surface area contributed by atoms with Gasteiger partial charge in [-0.3, -0.25) is 4.90 Å². The summed E-state index contributed by atoms with van der Waals surface area (Å²) >= 11 is 0. The van der Waals surface area contributed by atoms with Crippen LogP contribution in [0.1, 0.15) is 44.7 Å². The fourth-order valence-electron chi connectivity index (χ4n) is 4.23. The van der Waals surface area contributed by atoms with Gasteiger partial charge in [0.15, 0.2) is 0 Å². The van der Waals surface area contributed by atoms with Gasteiger partial charge in [-0.1, -0.05) is 32.9 Å². The molecule has 0 aromatic heterocycles. The number of rotatable bonds is 3. The molecule has 0 bridgehead atoms. The molecule has 2 saturated heterocycles. The van der Waals surface area contributed by atoms with Crippen molar-refractivity contribution in [2.75, 3.05) is 46.3 Å². The first-order valence-electron chi connectivity index (χ1n) is 10.1. The van der Waals surface area contributed by atoms with Crippen LogP contribution in [0.15, 0.2) is 23.1 Å². The molecule has 0 N–H and O–H groups in total. The first kappa shape index (κ1) is 20.8. The second kappa shape index (κ2) is 7.82. The molecular weight excluding hydrogens is 358 g/mol. The average Bonchev–Trinajstić information content (AvgIpc) is 2.61. The van der Waals surface area contributed by atoms with E-state index in [2.05, 4.69) is 37.6 Å². The number of hydrogen-bond acceptors (Lipinski definition) is 4. The van der Waals surface area contributed by atoms with E-state index in [-0.39, 0.29) is 5.41 Å². The topological polar surface area (TPSA) is 43.9 Å². The van der Waals surface area contributed by atoms with Crippen LogP contribution in [0.5, 0.6) is 0 Å². The van der Waals surface area contributed by atoms with Gasteiger partial charge in [-0.05, 0) is 56.0 Å². The Bertz CT molecular complexity index is 762. The number of hydrogen-bond donors (Lipinski definition) is 0. The molecule has 27 heavy (non-hydrogen) atoms. The van der Waals surface area contributed by atoms with Gasteiger partial charge in [0.05, 0.1) is 4.90 Å². The van der Waals surface area contributed by atoms with Gasteiger partial charge in [-0.25, -0.2) is 8.42 Å². The van der Waals surface area contributed by atoms with E-state index in [1.165, 1.54) is 19.4 Å². The lowest BCUT2D eigenvalue weighted by Gasteiger charge is -2.42. The summed E-state index contributed by atoms with van der Waals surface area (Å²) in [6.07, 6.45) is 2.46. The molecule has 1 unspecified atom stereocenters. The number of likely N-dealkylation sites (N-methyl/N-ethyl adjacent to an activating group) is 1. The van der Waals surface area contributed by atoms with Crippen LogP contribution in [0, 0.1) is 6.92 Å². The first-order valence-corrected chi connectivity index (χ1v) is 11.6. The lowest BCUT2D eigenvalue weighted by atomic mass is 9.87. The Hall–Kier alpha value is -0.950. The second-order valence-corrected chi connectivity index (χ2v) is 11.1. The van der Waals surface area contributed by atoms with Crippen molar-refractivity contribution in [3.8, 4) is 0 Å². The van der Waals surface area contributed by atoms with Gasteiger partial charge in [0, 0.05) is 38.8 Å². The van der Waals surface area contributed by atoms with Crippen molar-refractivity contribution in [3.05, 3.63) is 29.3 Å². The summed E-state index contributed by atoms with van der Waals surface area (Å²) in [6.45, 7) is 13.4. The normalized spacial score (nSPS) is 24.3. The smallest absolute Gasteiger partial charge is 0.243 e. The van der Waals surface area contributed by atoms with E-state index in [0.717, 1.165) is 30.8 Å². The standard InChI is InChI=1S/C21H35N3O2S/c1-17-8-9-18(21(2,3)4)15-20(17)27(25,26)24-13-11-23(12-14-24)19-7-6-10-22(5)16-19/h8-9,15,19H,6-7,10-14,16H2,1-5H3. The van der Waals surface area contributed by atoms with Crippen LogP contribution >= 0.6 is 0 Å². The Labute approximate surface area is 165 Å². The highest BCUT2D eigenvalue weighted by Crippen LogP contribution is 2.29. The van der Waals surface area contributed by atoms with Crippen molar-refractivity contribution >= 4 is 10.0 Å². The Morgan fingerprint density at radius 2 is 1.70 bits per heavy atom. The van der Waals surface area contributed by atoms with Crippen molar-refractivity contribution in [1.82, 2.24) is 14.1 Å². The van der Waals surface area contributed by atoms with Crippen LogP contribution in [-0.2, 0) is 15.4 Å². The first-order chi connectivity index (χ1) is 12.6. The number of likely N-dealkylation sites (tertiary alicyclic amines) is 1. The number of nitrogens with zero attached hydrogens (tertiary/aromatic N) is 3. The van der Waals surface area contributed by atoms with Gasteiger partial charge >= 0.3 is 0 Å². The molecule has 6 heteroatoms. The number of piperidine rings is 1. The molecule has 2 aliphatic rings. The average molecular weight is 394 g/mol. The predicted octanol–water partition coefficient (Wildman–Crippen LogP) is 2.69. The maximum absolute atomic E-state index is 13.3. The zero-order valence-corrected chi connectivity index (χ0v) is 18.3. The summed E-state index contributed by atoms with van der Waals surface area (Å²) in [7, 11) is -1.27. The summed E-state index contributed by atoms with van der Waals surface area (Å²) in [4.78, 5) is 5.35. The Kier molecular flexibility index (Phi) is 6.02. The predicted molar refractivity (Wildman–Crippen MR) is 111 cm³/mol. The summed E-state index contributed by atoms with van der Waals surface area (Å²) in [5.41, 5.74) is 1.83. The van der Waals surface area contributed by atoms with Gasteiger partial charge in [0.2, 0.25) is 10.0 Å². The lowest BCUT2D eigenvalue weighted by molar-refractivity contribution is 0.0824. The number of piperazine rings is 1. The molecule has 3 rings (SSSR count). The third-order valence-electron chi connectivity index (χ3n) is 6.06. The maximum Gasteiger partial charge on any atom is 0.243 e. The Morgan fingerprint density at radius 3 is 2.30 bits per heavy atom. The monoisotopic (exact) mass is 393 g/mol. The van der Waals surface area contributed by atoms with E-state index in [9.17, 15) is 8.42 Å².